The molecule has 0 radical (unpaired) electrons. The lowest BCUT2D eigenvalue weighted by Crippen LogP contribution is -2.40. The second kappa shape index (κ2) is 7.23. The average molecular weight is 322 g/mol. The largest absolute Gasteiger partial charge is 0.481 e. The summed E-state index contributed by atoms with van der Waals surface area (Å²) in [6.45, 7) is 8.73. The van der Waals surface area contributed by atoms with Gasteiger partial charge in [0, 0.05) is 20.1 Å². The summed E-state index contributed by atoms with van der Waals surface area (Å²) < 4.78 is 7.15. The normalized spacial score (nSPS) is 17.7. The first-order chi connectivity index (χ1) is 10.9. The number of nitrogens with one attached hydrogen (secondary N) is 1. The Kier molecular flexibility index (Phi) is 5.55. The zero-order valence-electron chi connectivity index (χ0n) is 15.1. The molecule has 0 aliphatic carbocycles. The van der Waals surface area contributed by atoms with Crippen molar-refractivity contribution in [3.63, 3.8) is 0 Å². The molecule has 1 N–H and O–H groups in total. The predicted octanol–water partition coefficient (Wildman–Crippen LogP) is 2.71. The summed E-state index contributed by atoms with van der Waals surface area (Å²) in [5, 5.41) is 7.49. The number of aromatic nitrogens is 2. The van der Waals surface area contributed by atoms with E-state index in [4.69, 9.17) is 4.74 Å². The monoisotopic (exact) mass is 322 g/mol. The summed E-state index contributed by atoms with van der Waals surface area (Å²) in [6, 6.07) is 0.00987. The van der Waals surface area contributed by atoms with Gasteiger partial charge in [0.25, 0.3) is 0 Å². The molecule has 6 nitrogen and oxygen atoms in total. The van der Waals surface area contributed by atoms with Crippen molar-refractivity contribution in [2.45, 2.75) is 53.0 Å². The molecule has 0 saturated carbocycles. The summed E-state index contributed by atoms with van der Waals surface area (Å²) in [5.41, 5.74) is 2.28. The van der Waals surface area contributed by atoms with Crippen LogP contribution in [0.2, 0.25) is 0 Å². The van der Waals surface area contributed by atoms with Gasteiger partial charge in [-0.25, -0.2) is 9.48 Å². The van der Waals surface area contributed by atoms with Crippen molar-refractivity contribution in [2.75, 3.05) is 20.2 Å². The van der Waals surface area contributed by atoms with E-state index in [-0.39, 0.29) is 6.03 Å². The third kappa shape index (κ3) is 4.18. The molecular weight excluding hydrogens is 292 g/mol. The van der Waals surface area contributed by atoms with E-state index >= 15 is 0 Å². The maximum absolute atomic E-state index is 12.5. The fourth-order valence-corrected chi connectivity index (χ4v) is 3.22. The summed E-state index contributed by atoms with van der Waals surface area (Å²) in [6.07, 6.45) is 4.11. The van der Waals surface area contributed by atoms with E-state index in [2.05, 4.69) is 31.2 Å². The lowest BCUT2D eigenvalue weighted by Gasteiger charge is -2.23. The predicted molar refractivity (Wildman–Crippen MR) is 90.6 cm³/mol. The van der Waals surface area contributed by atoms with E-state index in [0.29, 0.717) is 12.0 Å². The number of likely N-dealkylation sites (tertiary alicyclic amines) is 1. The maximum Gasteiger partial charge on any atom is 0.317 e. The number of hydrogen-bond donors (Lipinski definition) is 1. The molecule has 6 heteroatoms. The zero-order chi connectivity index (χ0) is 17.0. The molecular formula is C17H30N4O2. The molecule has 1 fully saturated rings. The highest BCUT2D eigenvalue weighted by Crippen LogP contribution is 2.29. The van der Waals surface area contributed by atoms with Gasteiger partial charge in [0.05, 0.1) is 24.9 Å². The molecule has 1 aliphatic rings. The van der Waals surface area contributed by atoms with E-state index in [9.17, 15) is 4.79 Å². The van der Waals surface area contributed by atoms with E-state index in [1.165, 1.54) is 6.42 Å². The third-order valence-electron chi connectivity index (χ3n) is 4.74. The first kappa shape index (κ1) is 17.6. The van der Waals surface area contributed by atoms with Gasteiger partial charge >= 0.3 is 6.03 Å². The standard InChI is InChI=1S/C17H30N4O2/c1-6-14-13(15(23-5)20(4)19-14)12-18-16(22)21-10-7-8-17(2,3)9-11-21/h6-12H2,1-5H3,(H,18,22). The number of urea groups is 1. The number of ether oxygens (including phenoxy) is 1. The Hall–Kier alpha value is -1.72. The van der Waals surface area contributed by atoms with Crippen LogP contribution in [0.15, 0.2) is 0 Å². The molecule has 2 amide bonds. The number of methoxy groups -OCH3 is 1. The molecule has 0 aromatic carbocycles. The van der Waals surface area contributed by atoms with Crippen LogP contribution in [0.25, 0.3) is 0 Å². The highest BCUT2D eigenvalue weighted by Gasteiger charge is 2.25. The van der Waals surface area contributed by atoms with E-state index < -0.39 is 0 Å². The molecule has 1 aromatic rings. The van der Waals surface area contributed by atoms with Crippen molar-refractivity contribution < 1.29 is 9.53 Å². The first-order valence-corrected chi connectivity index (χ1v) is 8.49. The Labute approximate surface area is 139 Å². The fourth-order valence-electron chi connectivity index (χ4n) is 3.22. The Morgan fingerprint density at radius 3 is 2.74 bits per heavy atom. The van der Waals surface area contributed by atoms with Crippen LogP contribution in [0.4, 0.5) is 4.79 Å². The van der Waals surface area contributed by atoms with Gasteiger partial charge in [-0.15, -0.1) is 0 Å². The van der Waals surface area contributed by atoms with Crippen LogP contribution in [0.1, 0.15) is 51.3 Å². The Morgan fingerprint density at radius 2 is 2.09 bits per heavy atom. The molecule has 1 aromatic heterocycles. The Balaban J connectivity index is 1.99. The molecule has 0 atom stereocenters. The topological polar surface area (TPSA) is 59.4 Å². The lowest BCUT2D eigenvalue weighted by molar-refractivity contribution is 0.197. The van der Waals surface area contributed by atoms with Crippen molar-refractivity contribution in [1.82, 2.24) is 20.0 Å². The molecule has 23 heavy (non-hydrogen) atoms. The number of aryl methyl sites for hydroxylation is 2. The van der Waals surface area contributed by atoms with Crippen LogP contribution in [-0.4, -0.2) is 40.9 Å². The van der Waals surface area contributed by atoms with Crippen LogP contribution in [-0.2, 0) is 20.0 Å². The fraction of sp³-hybridized carbons (Fsp3) is 0.765. The summed E-state index contributed by atoms with van der Waals surface area (Å²) in [5.74, 6) is 0.721. The molecule has 0 unspecified atom stereocenters. The summed E-state index contributed by atoms with van der Waals surface area (Å²) >= 11 is 0. The van der Waals surface area contributed by atoms with Crippen LogP contribution in [0.3, 0.4) is 0 Å². The molecule has 2 heterocycles. The maximum atomic E-state index is 12.5. The van der Waals surface area contributed by atoms with Crippen molar-refractivity contribution in [3.8, 4) is 5.88 Å². The summed E-state index contributed by atoms with van der Waals surface area (Å²) in [4.78, 5) is 14.4. The lowest BCUT2D eigenvalue weighted by atomic mass is 9.85. The second-order valence-electron chi connectivity index (χ2n) is 7.08. The van der Waals surface area contributed by atoms with Crippen molar-refractivity contribution >= 4 is 6.03 Å². The SMILES string of the molecule is CCc1nn(C)c(OC)c1CNC(=O)N1CCCC(C)(C)CC1. The minimum absolute atomic E-state index is 0.00987. The number of carbonyl (C=O) groups is 1. The van der Waals surface area contributed by atoms with Crippen molar-refractivity contribution in [1.29, 1.82) is 0 Å². The van der Waals surface area contributed by atoms with Crippen LogP contribution >= 0.6 is 0 Å². The quantitative estimate of drug-likeness (QED) is 0.927. The Bertz CT molecular complexity index is 551. The molecule has 0 bridgehead atoms. The minimum atomic E-state index is 0.00987. The van der Waals surface area contributed by atoms with Gasteiger partial charge in [0.2, 0.25) is 5.88 Å². The average Bonchev–Trinajstić information content (AvgIpc) is 2.70. The van der Waals surface area contributed by atoms with Crippen molar-refractivity contribution in [2.24, 2.45) is 12.5 Å². The van der Waals surface area contributed by atoms with Gasteiger partial charge < -0.3 is 15.0 Å². The van der Waals surface area contributed by atoms with Gasteiger partial charge in [0.1, 0.15) is 0 Å². The molecule has 0 spiro atoms. The van der Waals surface area contributed by atoms with Crippen molar-refractivity contribution in [3.05, 3.63) is 11.3 Å². The Morgan fingerprint density at radius 1 is 1.35 bits per heavy atom. The van der Waals surface area contributed by atoms with Crippen LogP contribution in [0, 0.1) is 5.41 Å². The van der Waals surface area contributed by atoms with Crippen LogP contribution < -0.4 is 10.1 Å². The molecule has 1 aliphatic heterocycles. The molecule has 2 rings (SSSR count). The third-order valence-corrected chi connectivity index (χ3v) is 4.74. The first-order valence-electron chi connectivity index (χ1n) is 8.49. The van der Waals surface area contributed by atoms with Gasteiger partial charge in [0.15, 0.2) is 0 Å². The molecule has 1 saturated heterocycles. The van der Waals surface area contributed by atoms with Gasteiger partial charge in [-0.1, -0.05) is 20.8 Å². The molecule has 130 valence electrons. The second-order valence-corrected chi connectivity index (χ2v) is 7.08. The van der Waals surface area contributed by atoms with Gasteiger partial charge in [-0.3, -0.25) is 0 Å². The number of nitrogens with zero attached hydrogens (tertiary/aromatic N) is 3. The highest BCUT2D eigenvalue weighted by molar-refractivity contribution is 5.74. The van der Waals surface area contributed by atoms with Gasteiger partial charge in [-0.05, 0) is 31.1 Å². The summed E-state index contributed by atoms with van der Waals surface area (Å²) in [7, 11) is 3.50. The number of hydrogen-bond acceptors (Lipinski definition) is 3. The highest BCUT2D eigenvalue weighted by atomic mass is 16.5. The van der Waals surface area contributed by atoms with Crippen LogP contribution in [0.5, 0.6) is 5.88 Å². The van der Waals surface area contributed by atoms with E-state index in [1.54, 1.807) is 11.8 Å². The zero-order valence-corrected chi connectivity index (χ0v) is 15.1. The van der Waals surface area contributed by atoms with Gasteiger partial charge in [-0.2, -0.15) is 5.10 Å². The van der Waals surface area contributed by atoms with E-state index in [1.807, 2.05) is 11.9 Å². The number of amides is 2. The number of carbonyl (C=O) groups excluding carboxylic acids is 1. The minimum Gasteiger partial charge on any atom is -0.481 e. The van der Waals surface area contributed by atoms with E-state index in [0.717, 1.165) is 49.5 Å². The smallest absolute Gasteiger partial charge is 0.317 e. The number of rotatable bonds is 4.